The Balaban J connectivity index is 1.76. The van der Waals surface area contributed by atoms with Crippen molar-refractivity contribution < 1.29 is 9.13 Å². The molecule has 1 saturated carbocycles. The number of fused-ring (bicyclic) bond motifs is 1. The van der Waals surface area contributed by atoms with E-state index in [0.29, 0.717) is 40.7 Å². The lowest BCUT2D eigenvalue weighted by Crippen LogP contribution is -2.14. The minimum atomic E-state index is -0.310. The van der Waals surface area contributed by atoms with Crippen molar-refractivity contribution in [3.63, 3.8) is 0 Å². The van der Waals surface area contributed by atoms with Crippen LogP contribution in [0.3, 0.4) is 0 Å². The summed E-state index contributed by atoms with van der Waals surface area (Å²) in [5.74, 6) is 0.0860. The molecule has 1 aliphatic carbocycles. The quantitative estimate of drug-likeness (QED) is 0.926. The summed E-state index contributed by atoms with van der Waals surface area (Å²) < 4.78 is 21.7. The maximum atomic E-state index is 13.6. The topological polar surface area (TPSA) is 53.1 Å². The SMILES string of the molecule is Nc1nc2cc(Br)c(F)cc2n1CCOC1CCCC1. The number of nitrogen functional groups attached to an aromatic ring is 1. The van der Waals surface area contributed by atoms with E-state index < -0.39 is 0 Å². The fourth-order valence-electron chi connectivity index (χ4n) is 2.74. The zero-order valence-electron chi connectivity index (χ0n) is 11.1. The van der Waals surface area contributed by atoms with Crippen molar-refractivity contribution in [1.82, 2.24) is 9.55 Å². The molecule has 0 spiro atoms. The largest absolute Gasteiger partial charge is 0.376 e. The van der Waals surface area contributed by atoms with E-state index in [9.17, 15) is 4.39 Å². The van der Waals surface area contributed by atoms with Crippen LogP contribution in [0.2, 0.25) is 0 Å². The van der Waals surface area contributed by atoms with Crippen molar-refractivity contribution in [3.05, 3.63) is 22.4 Å². The van der Waals surface area contributed by atoms with Crippen molar-refractivity contribution in [3.8, 4) is 0 Å². The molecule has 6 heteroatoms. The maximum absolute atomic E-state index is 13.6. The Morgan fingerprint density at radius 2 is 2.15 bits per heavy atom. The highest BCUT2D eigenvalue weighted by Crippen LogP contribution is 2.25. The molecule has 0 bridgehead atoms. The standard InChI is InChI=1S/C14H17BrFN3O/c15-10-7-12-13(8-11(10)16)19(14(17)18-12)5-6-20-9-3-1-2-4-9/h7-9H,1-6H2,(H2,17,18). The lowest BCUT2D eigenvalue weighted by Gasteiger charge is -2.12. The van der Waals surface area contributed by atoms with Gasteiger partial charge in [0, 0.05) is 12.6 Å². The van der Waals surface area contributed by atoms with Crippen LogP contribution in [-0.2, 0) is 11.3 Å². The van der Waals surface area contributed by atoms with Gasteiger partial charge >= 0.3 is 0 Å². The highest BCUT2D eigenvalue weighted by Gasteiger charge is 2.16. The Hall–Kier alpha value is -1.14. The first-order chi connectivity index (χ1) is 9.65. The van der Waals surface area contributed by atoms with Crippen LogP contribution >= 0.6 is 15.9 Å². The Kier molecular flexibility index (Phi) is 3.94. The third kappa shape index (κ3) is 2.67. The first kappa shape index (κ1) is 13.8. The van der Waals surface area contributed by atoms with Gasteiger partial charge in [-0.15, -0.1) is 0 Å². The highest BCUT2D eigenvalue weighted by molar-refractivity contribution is 9.10. The van der Waals surface area contributed by atoms with Crippen LogP contribution in [0.5, 0.6) is 0 Å². The molecule has 20 heavy (non-hydrogen) atoms. The van der Waals surface area contributed by atoms with Crippen LogP contribution in [0.15, 0.2) is 16.6 Å². The number of nitrogens with zero attached hydrogens (tertiary/aromatic N) is 2. The molecule has 1 aromatic heterocycles. The molecule has 3 rings (SSSR count). The van der Waals surface area contributed by atoms with Crippen LogP contribution in [-0.4, -0.2) is 22.3 Å². The molecule has 0 radical (unpaired) electrons. The van der Waals surface area contributed by atoms with Gasteiger partial charge in [-0.1, -0.05) is 12.8 Å². The third-order valence-corrected chi connectivity index (χ3v) is 4.40. The van der Waals surface area contributed by atoms with Crippen molar-refractivity contribution in [2.24, 2.45) is 0 Å². The summed E-state index contributed by atoms with van der Waals surface area (Å²) in [5.41, 5.74) is 7.30. The van der Waals surface area contributed by atoms with Crippen LogP contribution in [0.1, 0.15) is 25.7 Å². The molecule has 0 unspecified atom stereocenters. The Bertz CT molecular complexity index is 622. The first-order valence-corrected chi connectivity index (χ1v) is 7.67. The van der Waals surface area contributed by atoms with Gasteiger partial charge in [-0.2, -0.15) is 0 Å². The summed E-state index contributed by atoms with van der Waals surface area (Å²) in [6.07, 6.45) is 5.15. The Labute approximate surface area is 125 Å². The fourth-order valence-corrected chi connectivity index (χ4v) is 3.07. The molecular weight excluding hydrogens is 325 g/mol. The van der Waals surface area contributed by atoms with E-state index in [1.54, 1.807) is 10.6 Å². The zero-order valence-corrected chi connectivity index (χ0v) is 12.7. The minimum absolute atomic E-state index is 0.310. The van der Waals surface area contributed by atoms with E-state index in [1.807, 2.05) is 0 Å². The van der Waals surface area contributed by atoms with Crippen LogP contribution in [0, 0.1) is 5.82 Å². The number of hydrogen-bond acceptors (Lipinski definition) is 3. The van der Waals surface area contributed by atoms with Crippen molar-refractivity contribution in [2.45, 2.75) is 38.3 Å². The number of nitrogens with two attached hydrogens (primary N) is 1. The third-order valence-electron chi connectivity index (χ3n) is 3.79. The number of anilines is 1. The summed E-state index contributed by atoms with van der Waals surface area (Å²) >= 11 is 3.16. The predicted molar refractivity (Wildman–Crippen MR) is 80.0 cm³/mol. The normalized spacial score (nSPS) is 16.3. The minimum Gasteiger partial charge on any atom is -0.376 e. The van der Waals surface area contributed by atoms with E-state index >= 15 is 0 Å². The van der Waals surface area contributed by atoms with Gasteiger partial charge in [0.1, 0.15) is 5.82 Å². The zero-order chi connectivity index (χ0) is 14.1. The number of halogens is 2. The second-order valence-corrected chi connectivity index (χ2v) is 6.01. The molecule has 1 fully saturated rings. The Morgan fingerprint density at radius 3 is 2.90 bits per heavy atom. The molecule has 1 aromatic carbocycles. The lowest BCUT2D eigenvalue weighted by molar-refractivity contribution is 0.0537. The van der Waals surface area contributed by atoms with E-state index in [0.717, 1.165) is 12.8 Å². The number of rotatable bonds is 4. The highest BCUT2D eigenvalue weighted by atomic mass is 79.9. The first-order valence-electron chi connectivity index (χ1n) is 6.87. The molecule has 0 saturated heterocycles. The number of benzene rings is 1. The van der Waals surface area contributed by atoms with E-state index in [1.165, 1.54) is 18.9 Å². The summed E-state index contributed by atoms with van der Waals surface area (Å²) in [6.45, 7) is 1.18. The van der Waals surface area contributed by atoms with Crippen LogP contribution in [0.25, 0.3) is 11.0 Å². The van der Waals surface area contributed by atoms with E-state index in [2.05, 4.69) is 20.9 Å². The molecule has 0 aliphatic heterocycles. The van der Waals surface area contributed by atoms with Gasteiger partial charge in [0.2, 0.25) is 5.95 Å². The van der Waals surface area contributed by atoms with Gasteiger partial charge in [-0.05, 0) is 34.8 Å². The Morgan fingerprint density at radius 1 is 1.40 bits per heavy atom. The molecule has 4 nitrogen and oxygen atoms in total. The summed E-state index contributed by atoms with van der Waals surface area (Å²) in [7, 11) is 0. The molecule has 2 aromatic rings. The van der Waals surface area contributed by atoms with E-state index in [-0.39, 0.29) is 5.82 Å². The predicted octanol–water partition coefficient (Wildman–Crippen LogP) is 3.48. The van der Waals surface area contributed by atoms with Crippen LogP contribution < -0.4 is 5.73 Å². The second-order valence-electron chi connectivity index (χ2n) is 5.15. The van der Waals surface area contributed by atoms with Gasteiger partial charge in [0.25, 0.3) is 0 Å². The van der Waals surface area contributed by atoms with Crippen molar-refractivity contribution in [2.75, 3.05) is 12.3 Å². The molecule has 108 valence electrons. The monoisotopic (exact) mass is 341 g/mol. The average Bonchev–Trinajstić information content (AvgIpc) is 3.01. The van der Waals surface area contributed by atoms with Crippen LogP contribution in [0.4, 0.5) is 10.3 Å². The van der Waals surface area contributed by atoms with Crippen molar-refractivity contribution in [1.29, 1.82) is 0 Å². The van der Waals surface area contributed by atoms with Gasteiger partial charge in [-0.25, -0.2) is 9.37 Å². The molecule has 0 atom stereocenters. The lowest BCUT2D eigenvalue weighted by atomic mass is 10.3. The van der Waals surface area contributed by atoms with Crippen molar-refractivity contribution >= 4 is 32.9 Å². The summed E-state index contributed by atoms with van der Waals surface area (Å²) in [6, 6.07) is 3.10. The van der Waals surface area contributed by atoms with Gasteiger partial charge in [-0.3, -0.25) is 0 Å². The number of hydrogen-bond donors (Lipinski definition) is 1. The van der Waals surface area contributed by atoms with E-state index in [4.69, 9.17) is 10.5 Å². The molecule has 1 heterocycles. The summed E-state index contributed by atoms with van der Waals surface area (Å²) in [5, 5.41) is 0. The summed E-state index contributed by atoms with van der Waals surface area (Å²) in [4.78, 5) is 4.25. The molecule has 2 N–H and O–H groups in total. The van der Waals surface area contributed by atoms with Gasteiger partial charge in [0.05, 0.1) is 28.2 Å². The molecule has 1 aliphatic rings. The molecular formula is C14H17BrFN3O. The fraction of sp³-hybridized carbons (Fsp3) is 0.500. The maximum Gasteiger partial charge on any atom is 0.201 e. The second kappa shape index (κ2) is 5.69. The molecule has 0 amide bonds. The smallest absolute Gasteiger partial charge is 0.201 e. The number of ether oxygens (including phenoxy) is 1. The van der Waals surface area contributed by atoms with Gasteiger partial charge in [0.15, 0.2) is 0 Å². The number of imidazole rings is 1. The number of aromatic nitrogens is 2. The average molecular weight is 342 g/mol. The van der Waals surface area contributed by atoms with Gasteiger partial charge < -0.3 is 15.0 Å².